The minimum Gasteiger partial charge on any atom is -0.0623 e. The van der Waals surface area contributed by atoms with E-state index in [4.69, 9.17) is 0 Å². The van der Waals surface area contributed by atoms with Crippen molar-refractivity contribution in [1.29, 1.82) is 0 Å². The average molecular weight is 142 g/mol. The van der Waals surface area contributed by atoms with Crippen molar-refractivity contribution >= 4 is 0 Å². The molecule has 0 amide bonds. The Hall–Kier alpha value is -0.261. The molecule has 0 aromatic heterocycles. The number of benzene rings is 1. The molecule has 0 aliphatic heterocycles. The standard InChI is InChI=1S/C6H6.Cu/c1-2-4-6-5-3-1;/h1-6H;/q;+1. The first kappa shape index (κ1) is 6.74. The second-order valence-electron chi connectivity index (χ2n) is 1.15. The molecule has 0 heterocycles. The predicted octanol–water partition coefficient (Wildman–Crippen LogP) is 1.68. The molecular weight excluding hydrogens is 136 g/mol. The van der Waals surface area contributed by atoms with Crippen molar-refractivity contribution in [2.45, 2.75) is 0 Å². The molecule has 0 fully saturated rings. The Morgan fingerprint density at radius 2 is 0.571 bits per heavy atom. The van der Waals surface area contributed by atoms with E-state index in [2.05, 4.69) is 0 Å². The maximum Gasteiger partial charge on any atom is 1.00 e. The van der Waals surface area contributed by atoms with Crippen LogP contribution in [0.3, 0.4) is 0 Å². The third-order valence-corrected chi connectivity index (χ3v) is 0.667. The van der Waals surface area contributed by atoms with Gasteiger partial charge in [-0.15, -0.1) is 0 Å². The van der Waals surface area contributed by atoms with Gasteiger partial charge in [0.15, 0.2) is 0 Å². The van der Waals surface area contributed by atoms with E-state index in [-0.39, 0.29) is 17.1 Å². The Morgan fingerprint density at radius 3 is 0.714 bits per heavy atom. The SMILES string of the molecule is [Cu+].c1ccccc1. The van der Waals surface area contributed by atoms with Crippen molar-refractivity contribution in [2.24, 2.45) is 0 Å². The van der Waals surface area contributed by atoms with Crippen LogP contribution < -0.4 is 0 Å². The van der Waals surface area contributed by atoms with Crippen molar-refractivity contribution in [3.8, 4) is 0 Å². The van der Waals surface area contributed by atoms with E-state index in [1.165, 1.54) is 0 Å². The molecule has 0 N–H and O–H groups in total. The Labute approximate surface area is 54.0 Å². The number of hydrogen-bond acceptors (Lipinski definition) is 0. The quantitative estimate of drug-likeness (QED) is 0.483. The van der Waals surface area contributed by atoms with Crippen LogP contribution in [0.2, 0.25) is 0 Å². The minimum absolute atomic E-state index is 0. The first-order chi connectivity index (χ1) is 3.00. The first-order valence-corrected chi connectivity index (χ1v) is 2.00. The van der Waals surface area contributed by atoms with E-state index in [1.807, 2.05) is 36.4 Å². The Kier molecular flexibility index (Phi) is 3.77. The van der Waals surface area contributed by atoms with Crippen LogP contribution in [0.4, 0.5) is 0 Å². The van der Waals surface area contributed by atoms with Crippen molar-refractivity contribution < 1.29 is 17.1 Å². The summed E-state index contributed by atoms with van der Waals surface area (Å²) in [5, 5.41) is 0. The molecule has 1 heteroatoms. The van der Waals surface area contributed by atoms with Crippen LogP contribution in [0.25, 0.3) is 0 Å². The van der Waals surface area contributed by atoms with Gasteiger partial charge in [0.25, 0.3) is 0 Å². The Bertz CT molecular complexity index is 76.1. The zero-order valence-corrected chi connectivity index (χ0v) is 4.71. The number of rotatable bonds is 0. The molecule has 0 nitrogen and oxygen atoms in total. The second kappa shape index (κ2) is 3.91. The van der Waals surface area contributed by atoms with Crippen molar-refractivity contribution in [3.05, 3.63) is 36.4 Å². The van der Waals surface area contributed by atoms with Crippen LogP contribution in [0.1, 0.15) is 0 Å². The van der Waals surface area contributed by atoms with E-state index in [1.54, 1.807) is 0 Å². The summed E-state index contributed by atoms with van der Waals surface area (Å²) in [6.45, 7) is 0. The molecule has 1 rings (SSSR count). The van der Waals surface area contributed by atoms with E-state index in [0.29, 0.717) is 0 Å². The molecule has 0 aliphatic carbocycles. The van der Waals surface area contributed by atoms with Gasteiger partial charge in [-0.2, -0.15) is 0 Å². The summed E-state index contributed by atoms with van der Waals surface area (Å²) in [7, 11) is 0. The maximum absolute atomic E-state index is 2.00. The maximum atomic E-state index is 2.00. The Balaban J connectivity index is 0.000000360. The fourth-order valence-corrected chi connectivity index (χ4v) is 0.385. The average Bonchev–Trinajstić information content (AvgIpc) is 1.72. The molecule has 40 valence electrons. The van der Waals surface area contributed by atoms with Crippen LogP contribution in [0.5, 0.6) is 0 Å². The Morgan fingerprint density at radius 1 is 0.429 bits per heavy atom. The summed E-state index contributed by atoms with van der Waals surface area (Å²) < 4.78 is 0. The normalized spacial score (nSPS) is 6.86. The van der Waals surface area contributed by atoms with Gasteiger partial charge in [0, 0.05) is 0 Å². The van der Waals surface area contributed by atoms with Crippen molar-refractivity contribution in [1.82, 2.24) is 0 Å². The van der Waals surface area contributed by atoms with Gasteiger partial charge in [-0.1, -0.05) is 36.4 Å². The molecule has 1 aromatic carbocycles. The summed E-state index contributed by atoms with van der Waals surface area (Å²) in [5.41, 5.74) is 0. The molecule has 1 aromatic rings. The van der Waals surface area contributed by atoms with Gasteiger partial charge >= 0.3 is 17.1 Å². The van der Waals surface area contributed by atoms with Gasteiger partial charge in [0.2, 0.25) is 0 Å². The molecule has 0 saturated heterocycles. The van der Waals surface area contributed by atoms with Crippen LogP contribution in [0.15, 0.2) is 36.4 Å². The van der Waals surface area contributed by atoms with Gasteiger partial charge in [0.05, 0.1) is 0 Å². The largest absolute Gasteiger partial charge is 1.00 e. The smallest absolute Gasteiger partial charge is 0.0623 e. The van der Waals surface area contributed by atoms with Gasteiger partial charge in [-0.05, 0) is 0 Å². The molecule has 0 saturated carbocycles. The molecule has 7 heavy (non-hydrogen) atoms. The fourth-order valence-electron chi connectivity index (χ4n) is 0.385. The number of hydrogen-bond donors (Lipinski definition) is 0. The van der Waals surface area contributed by atoms with Gasteiger partial charge in [-0.25, -0.2) is 0 Å². The van der Waals surface area contributed by atoms with E-state index >= 15 is 0 Å². The summed E-state index contributed by atoms with van der Waals surface area (Å²) in [6, 6.07) is 12.0. The minimum atomic E-state index is 0. The zero-order chi connectivity index (χ0) is 4.24. The summed E-state index contributed by atoms with van der Waals surface area (Å²) in [4.78, 5) is 0. The monoisotopic (exact) mass is 141 g/mol. The van der Waals surface area contributed by atoms with E-state index in [0.717, 1.165) is 0 Å². The van der Waals surface area contributed by atoms with Crippen molar-refractivity contribution in [2.75, 3.05) is 0 Å². The molecule has 0 unspecified atom stereocenters. The van der Waals surface area contributed by atoms with Crippen LogP contribution in [-0.4, -0.2) is 0 Å². The van der Waals surface area contributed by atoms with Crippen LogP contribution >= 0.6 is 0 Å². The third-order valence-electron chi connectivity index (χ3n) is 0.667. The van der Waals surface area contributed by atoms with Gasteiger partial charge in [-0.3, -0.25) is 0 Å². The molecular formula is C6H6Cu+. The van der Waals surface area contributed by atoms with E-state index < -0.39 is 0 Å². The fraction of sp³-hybridized carbons (Fsp3) is 0. The first-order valence-electron chi connectivity index (χ1n) is 2.00. The second-order valence-corrected chi connectivity index (χ2v) is 1.15. The van der Waals surface area contributed by atoms with Crippen LogP contribution in [-0.2, 0) is 17.1 Å². The molecule has 0 bridgehead atoms. The summed E-state index contributed by atoms with van der Waals surface area (Å²) in [6.07, 6.45) is 0. The van der Waals surface area contributed by atoms with Gasteiger partial charge < -0.3 is 0 Å². The topological polar surface area (TPSA) is 0 Å². The zero-order valence-electron chi connectivity index (χ0n) is 3.77. The van der Waals surface area contributed by atoms with Crippen molar-refractivity contribution in [3.63, 3.8) is 0 Å². The molecule has 0 atom stereocenters. The van der Waals surface area contributed by atoms with Gasteiger partial charge in [0.1, 0.15) is 0 Å². The molecule has 0 aliphatic rings. The molecule has 0 radical (unpaired) electrons. The van der Waals surface area contributed by atoms with E-state index in [9.17, 15) is 0 Å². The third kappa shape index (κ3) is 2.44. The summed E-state index contributed by atoms with van der Waals surface area (Å²) in [5.74, 6) is 0. The molecule has 0 spiro atoms. The summed E-state index contributed by atoms with van der Waals surface area (Å²) >= 11 is 0. The predicted molar refractivity (Wildman–Crippen MR) is 26.4 cm³/mol. The van der Waals surface area contributed by atoms with Crippen LogP contribution in [0, 0.1) is 0 Å².